The standard InChI is InChI=1S/C40H42N2O5/c43-27-28-16-18-30(19-17-28)37-24-34(26-41-20-6-2-1-3-7-21-41)46-40(47-37)33-13-9-12-32(23-33)31-11-8-10-29(22-31)25-42-38(44)35-14-4-5-15-36(35)39(42)45/h4-5,8-19,22-23,34,37,40,43H,1-3,6-7,20-21,24-27H2/t34-,37+,40+/m1/s1. The van der Waals surface area contributed by atoms with Crippen LogP contribution in [0, 0.1) is 0 Å². The number of carbonyl (C=O) groups is 2. The van der Waals surface area contributed by atoms with Gasteiger partial charge in [0.15, 0.2) is 6.29 Å². The third-order valence-corrected chi connectivity index (χ3v) is 9.66. The van der Waals surface area contributed by atoms with Gasteiger partial charge in [-0.25, -0.2) is 0 Å². The molecule has 2 saturated heterocycles. The average Bonchev–Trinajstić information content (AvgIpc) is 3.34. The zero-order chi connectivity index (χ0) is 32.2. The van der Waals surface area contributed by atoms with Crippen molar-refractivity contribution < 1.29 is 24.2 Å². The highest BCUT2D eigenvalue weighted by Gasteiger charge is 2.35. The summed E-state index contributed by atoms with van der Waals surface area (Å²) in [6.07, 6.45) is 6.49. The number of hydrogen-bond donors (Lipinski definition) is 1. The lowest BCUT2D eigenvalue weighted by molar-refractivity contribution is -0.253. The van der Waals surface area contributed by atoms with Gasteiger partial charge in [-0.05, 0) is 78.0 Å². The van der Waals surface area contributed by atoms with Gasteiger partial charge in [-0.1, -0.05) is 92.1 Å². The van der Waals surface area contributed by atoms with Gasteiger partial charge in [-0.15, -0.1) is 0 Å². The summed E-state index contributed by atoms with van der Waals surface area (Å²) in [5.41, 5.74) is 6.72. The number of benzene rings is 4. The molecule has 4 aromatic rings. The van der Waals surface area contributed by atoms with Gasteiger partial charge >= 0.3 is 0 Å². The van der Waals surface area contributed by atoms with Crippen LogP contribution in [-0.2, 0) is 22.6 Å². The maximum absolute atomic E-state index is 13.0. The molecule has 0 saturated carbocycles. The third kappa shape index (κ3) is 7.09. The number of hydrogen-bond acceptors (Lipinski definition) is 6. The topological polar surface area (TPSA) is 79.3 Å². The average molecular weight is 631 g/mol. The van der Waals surface area contributed by atoms with E-state index in [2.05, 4.69) is 35.2 Å². The first-order chi connectivity index (χ1) is 23.1. The zero-order valence-electron chi connectivity index (χ0n) is 26.7. The van der Waals surface area contributed by atoms with E-state index in [1.807, 2.05) is 42.5 Å². The smallest absolute Gasteiger partial charge is 0.261 e. The maximum Gasteiger partial charge on any atom is 0.261 e. The van der Waals surface area contributed by atoms with Crippen LogP contribution < -0.4 is 0 Å². The van der Waals surface area contributed by atoms with Crippen LogP contribution in [0.15, 0.2) is 97.1 Å². The van der Waals surface area contributed by atoms with E-state index in [4.69, 9.17) is 9.47 Å². The molecule has 7 heteroatoms. The van der Waals surface area contributed by atoms with Crippen LogP contribution in [-0.4, -0.2) is 52.5 Å². The fourth-order valence-corrected chi connectivity index (χ4v) is 7.10. The number of ether oxygens (including phenoxy) is 2. The van der Waals surface area contributed by atoms with Crippen LogP contribution in [0.25, 0.3) is 11.1 Å². The molecule has 0 aliphatic carbocycles. The Kier molecular flexibility index (Phi) is 9.58. The van der Waals surface area contributed by atoms with E-state index in [1.54, 1.807) is 24.3 Å². The first kappa shape index (κ1) is 31.5. The Morgan fingerprint density at radius 2 is 1.32 bits per heavy atom. The summed E-state index contributed by atoms with van der Waals surface area (Å²) in [5.74, 6) is -0.508. The van der Waals surface area contributed by atoms with E-state index in [0.29, 0.717) is 11.1 Å². The molecule has 0 radical (unpaired) electrons. The van der Waals surface area contributed by atoms with Crippen molar-refractivity contribution in [1.29, 1.82) is 0 Å². The first-order valence-corrected chi connectivity index (χ1v) is 16.9. The Bertz CT molecular complexity index is 1680. The Morgan fingerprint density at radius 3 is 2.02 bits per heavy atom. The normalized spacial score (nSPS) is 22.1. The fourth-order valence-electron chi connectivity index (χ4n) is 7.10. The number of aliphatic hydroxyl groups is 1. The summed E-state index contributed by atoms with van der Waals surface area (Å²) < 4.78 is 13.4. The zero-order valence-corrected chi connectivity index (χ0v) is 26.7. The van der Waals surface area contributed by atoms with Crippen LogP contribution in [0.5, 0.6) is 0 Å². The molecule has 0 spiro atoms. The number of nitrogens with zero attached hydrogens (tertiary/aromatic N) is 2. The first-order valence-electron chi connectivity index (χ1n) is 16.9. The second kappa shape index (κ2) is 14.3. The number of imide groups is 1. The molecular formula is C40H42N2O5. The van der Waals surface area contributed by atoms with Gasteiger partial charge in [0.05, 0.1) is 36.5 Å². The highest BCUT2D eigenvalue weighted by atomic mass is 16.7. The quantitative estimate of drug-likeness (QED) is 0.204. The van der Waals surface area contributed by atoms with E-state index in [1.165, 1.54) is 37.0 Å². The molecule has 2 fully saturated rings. The third-order valence-electron chi connectivity index (χ3n) is 9.66. The van der Waals surface area contributed by atoms with Crippen molar-refractivity contribution in [3.8, 4) is 11.1 Å². The molecule has 3 heterocycles. The monoisotopic (exact) mass is 630 g/mol. The SMILES string of the molecule is O=C1c2ccccc2C(=O)N1Cc1cccc(-c2cccc([C@H]3O[C@@H](CN4CCCCCCC4)C[C@@H](c4ccc(CO)cc4)O3)c2)c1. The highest BCUT2D eigenvalue weighted by Crippen LogP contribution is 2.39. The van der Waals surface area contributed by atoms with Gasteiger partial charge in [0.25, 0.3) is 11.8 Å². The molecule has 7 nitrogen and oxygen atoms in total. The number of amides is 2. The van der Waals surface area contributed by atoms with Crippen LogP contribution >= 0.6 is 0 Å². The fraction of sp³-hybridized carbons (Fsp3) is 0.350. The van der Waals surface area contributed by atoms with Crippen molar-refractivity contribution in [3.63, 3.8) is 0 Å². The number of fused-ring (bicyclic) bond motifs is 1. The van der Waals surface area contributed by atoms with Crippen molar-refractivity contribution in [3.05, 3.63) is 130 Å². The summed E-state index contributed by atoms with van der Waals surface area (Å²) >= 11 is 0. The number of carbonyl (C=O) groups excluding carboxylic acids is 2. The van der Waals surface area contributed by atoms with Gasteiger partial charge in [0, 0.05) is 18.5 Å². The van der Waals surface area contributed by atoms with Crippen LogP contribution in [0.4, 0.5) is 0 Å². The number of likely N-dealkylation sites (tertiary alicyclic amines) is 1. The van der Waals surface area contributed by atoms with Crippen molar-refractivity contribution in [2.24, 2.45) is 0 Å². The van der Waals surface area contributed by atoms with Gasteiger partial charge < -0.3 is 19.5 Å². The summed E-state index contributed by atoms with van der Waals surface area (Å²) in [6, 6.07) is 31.3. The number of rotatable bonds is 8. The predicted octanol–water partition coefficient (Wildman–Crippen LogP) is 7.45. The van der Waals surface area contributed by atoms with Crippen molar-refractivity contribution in [2.75, 3.05) is 19.6 Å². The molecule has 3 aliphatic heterocycles. The van der Waals surface area contributed by atoms with Crippen molar-refractivity contribution in [2.45, 2.75) is 70.2 Å². The Labute approximate surface area is 276 Å². The molecule has 0 unspecified atom stereocenters. The minimum absolute atomic E-state index is 0.0153. The Balaban J connectivity index is 1.11. The second-order valence-corrected chi connectivity index (χ2v) is 13.0. The van der Waals surface area contributed by atoms with E-state index in [0.717, 1.165) is 59.4 Å². The van der Waals surface area contributed by atoms with Crippen molar-refractivity contribution in [1.82, 2.24) is 9.80 Å². The lowest BCUT2D eigenvalue weighted by Crippen LogP contribution is -2.40. The van der Waals surface area contributed by atoms with Gasteiger partial charge in [0.2, 0.25) is 0 Å². The molecule has 242 valence electrons. The highest BCUT2D eigenvalue weighted by molar-refractivity contribution is 6.21. The molecule has 7 rings (SSSR count). The molecular weight excluding hydrogens is 588 g/mol. The van der Waals surface area contributed by atoms with E-state index in [-0.39, 0.29) is 37.2 Å². The molecule has 4 aromatic carbocycles. The molecule has 47 heavy (non-hydrogen) atoms. The van der Waals surface area contributed by atoms with Crippen LogP contribution in [0.1, 0.15) is 93.9 Å². The molecule has 0 aromatic heterocycles. The van der Waals surface area contributed by atoms with Gasteiger partial charge in [-0.2, -0.15) is 0 Å². The number of aliphatic hydroxyl groups excluding tert-OH is 1. The van der Waals surface area contributed by atoms with Gasteiger partial charge in [0.1, 0.15) is 0 Å². The summed E-state index contributed by atoms with van der Waals surface area (Å²) in [6.45, 7) is 3.32. The van der Waals surface area contributed by atoms with Crippen LogP contribution in [0.2, 0.25) is 0 Å². The van der Waals surface area contributed by atoms with Gasteiger partial charge in [-0.3, -0.25) is 14.5 Å². The summed E-state index contributed by atoms with van der Waals surface area (Å²) in [7, 11) is 0. The Hall–Kier alpha value is -4.14. The molecule has 1 N–H and O–H groups in total. The molecule has 3 aliphatic rings. The minimum Gasteiger partial charge on any atom is -0.392 e. The van der Waals surface area contributed by atoms with E-state index < -0.39 is 6.29 Å². The molecule has 2 amide bonds. The molecule has 3 atom stereocenters. The predicted molar refractivity (Wildman–Crippen MR) is 180 cm³/mol. The molecule has 0 bridgehead atoms. The van der Waals surface area contributed by atoms with E-state index in [9.17, 15) is 14.7 Å². The minimum atomic E-state index is -0.535. The summed E-state index contributed by atoms with van der Waals surface area (Å²) in [4.78, 5) is 29.9. The lowest BCUT2D eigenvalue weighted by Gasteiger charge is -2.39. The van der Waals surface area contributed by atoms with E-state index >= 15 is 0 Å². The second-order valence-electron chi connectivity index (χ2n) is 13.0. The maximum atomic E-state index is 13.0. The van der Waals surface area contributed by atoms with Crippen LogP contribution in [0.3, 0.4) is 0 Å². The largest absolute Gasteiger partial charge is 0.392 e. The van der Waals surface area contributed by atoms with Crippen molar-refractivity contribution >= 4 is 11.8 Å². The Morgan fingerprint density at radius 1 is 0.660 bits per heavy atom. The lowest BCUT2D eigenvalue weighted by atomic mass is 9.98. The summed E-state index contributed by atoms with van der Waals surface area (Å²) in [5, 5.41) is 9.58.